The number of carbonyl (C=O) groups excluding carboxylic acids is 2. The van der Waals surface area contributed by atoms with Crippen LogP contribution in [-0.4, -0.2) is 30.3 Å². The number of hydrogen-bond donors (Lipinski definition) is 0. The molecule has 0 saturated carbocycles. The number of nitriles is 1. The second-order valence-corrected chi connectivity index (χ2v) is 7.61. The molecule has 3 rings (SSSR count). The highest BCUT2D eigenvalue weighted by Gasteiger charge is 2.35. The molecule has 0 spiro atoms. The van der Waals surface area contributed by atoms with E-state index in [-0.39, 0.29) is 16.7 Å². The van der Waals surface area contributed by atoms with Crippen LogP contribution in [0.25, 0.3) is 6.08 Å². The fourth-order valence-corrected chi connectivity index (χ4v) is 4.06. The summed E-state index contributed by atoms with van der Waals surface area (Å²) in [4.78, 5) is 26.6. The summed E-state index contributed by atoms with van der Waals surface area (Å²) in [7, 11) is 3.06. The van der Waals surface area contributed by atoms with Gasteiger partial charge in [0.15, 0.2) is 0 Å². The van der Waals surface area contributed by atoms with Crippen LogP contribution >= 0.6 is 27.7 Å². The lowest BCUT2D eigenvalue weighted by atomic mass is 10.1. The lowest BCUT2D eigenvalue weighted by Gasteiger charge is -2.13. The van der Waals surface area contributed by atoms with E-state index in [1.54, 1.807) is 49.6 Å². The van der Waals surface area contributed by atoms with Gasteiger partial charge in [0.05, 0.1) is 41.8 Å². The van der Waals surface area contributed by atoms with Crippen molar-refractivity contribution in [3.05, 3.63) is 62.5 Å². The molecule has 8 heteroatoms. The van der Waals surface area contributed by atoms with E-state index < -0.39 is 5.91 Å². The standard InChI is InChI=1S/C20H15BrN2O4S/c1-26-16-9-17(27-2)15(21)7-14(16)8-18-19(24)23(20(25)28-18)11-13-6-4-3-5-12(13)10-22/h3-9H,11H2,1-2H3/b18-8+. The number of benzene rings is 2. The Labute approximate surface area is 174 Å². The fraction of sp³-hybridized carbons (Fsp3) is 0.150. The predicted octanol–water partition coefficient (Wildman–Crippen LogP) is 4.57. The molecule has 2 aromatic rings. The second-order valence-electron chi connectivity index (χ2n) is 5.77. The van der Waals surface area contributed by atoms with Crippen LogP contribution in [0.4, 0.5) is 4.79 Å². The number of methoxy groups -OCH3 is 2. The van der Waals surface area contributed by atoms with Crippen molar-refractivity contribution in [2.75, 3.05) is 14.2 Å². The van der Waals surface area contributed by atoms with Gasteiger partial charge in [-0.2, -0.15) is 5.26 Å². The van der Waals surface area contributed by atoms with Crippen LogP contribution in [0.15, 0.2) is 45.8 Å². The lowest BCUT2D eigenvalue weighted by molar-refractivity contribution is -0.123. The van der Waals surface area contributed by atoms with Gasteiger partial charge in [0.25, 0.3) is 11.1 Å². The van der Waals surface area contributed by atoms with Crippen LogP contribution in [0, 0.1) is 11.3 Å². The molecule has 28 heavy (non-hydrogen) atoms. The van der Waals surface area contributed by atoms with Crippen molar-refractivity contribution in [3.63, 3.8) is 0 Å². The molecule has 2 amide bonds. The molecule has 142 valence electrons. The Morgan fingerprint density at radius 1 is 1.18 bits per heavy atom. The highest BCUT2D eigenvalue weighted by Crippen LogP contribution is 2.38. The number of thioether (sulfide) groups is 1. The zero-order valence-corrected chi connectivity index (χ0v) is 17.5. The van der Waals surface area contributed by atoms with Crippen LogP contribution < -0.4 is 9.47 Å². The minimum absolute atomic E-state index is 0.0508. The SMILES string of the molecule is COc1cc(OC)c(/C=C2/SC(=O)N(Cc3ccccc3C#N)C2=O)cc1Br. The monoisotopic (exact) mass is 458 g/mol. The molecule has 0 unspecified atom stereocenters. The van der Waals surface area contributed by atoms with E-state index in [0.29, 0.717) is 32.7 Å². The predicted molar refractivity (Wildman–Crippen MR) is 110 cm³/mol. The summed E-state index contributed by atoms with van der Waals surface area (Å²) in [6.07, 6.45) is 1.62. The third kappa shape index (κ3) is 3.91. The second kappa shape index (κ2) is 8.50. The van der Waals surface area contributed by atoms with Crippen molar-refractivity contribution in [1.29, 1.82) is 5.26 Å². The Hall–Kier alpha value is -2.76. The number of imide groups is 1. The van der Waals surface area contributed by atoms with Gasteiger partial charge in [0.1, 0.15) is 11.5 Å². The molecular formula is C20H15BrN2O4S. The number of hydrogen-bond acceptors (Lipinski definition) is 6. The first-order valence-electron chi connectivity index (χ1n) is 8.13. The van der Waals surface area contributed by atoms with Gasteiger partial charge in [-0.25, -0.2) is 0 Å². The molecule has 2 aromatic carbocycles. The Morgan fingerprint density at radius 2 is 1.89 bits per heavy atom. The van der Waals surface area contributed by atoms with E-state index >= 15 is 0 Å². The van der Waals surface area contributed by atoms with Crippen LogP contribution in [0.3, 0.4) is 0 Å². The third-order valence-electron chi connectivity index (χ3n) is 4.13. The summed E-state index contributed by atoms with van der Waals surface area (Å²) in [6, 6.07) is 12.4. The topological polar surface area (TPSA) is 79.6 Å². The van der Waals surface area contributed by atoms with Crippen molar-refractivity contribution < 1.29 is 19.1 Å². The number of rotatable bonds is 5. The minimum atomic E-state index is -0.406. The van der Waals surface area contributed by atoms with Gasteiger partial charge in [-0.1, -0.05) is 18.2 Å². The number of nitrogens with zero attached hydrogens (tertiary/aromatic N) is 2. The smallest absolute Gasteiger partial charge is 0.293 e. The Kier molecular flexibility index (Phi) is 6.07. The van der Waals surface area contributed by atoms with E-state index in [4.69, 9.17) is 9.47 Å². The largest absolute Gasteiger partial charge is 0.496 e. The molecule has 0 radical (unpaired) electrons. The van der Waals surface area contributed by atoms with E-state index in [1.807, 2.05) is 0 Å². The molecule has 0 N–H and O–H groups in total. The lowest BCUT2D eigenvalue weighted by Crippen LogP contribution is -2.27. The molecule has 1 aliphatic rings. The van der Waals surface area contributed by atoms with Gasteiger partial charge >= 0.3 is 0 Å². The van der Waals surface area contributed by atoms with Gasteiger partial charge in [0, 0.05) is 11.6 Å². The minimum Gasteiger partial charge on any atom is -0.496 e. The Bertz CT molecular complexity index is 1030. The molecule has 0 atom stereocenters. The van der Waals surface area contributed by atoms with Gasteiger partial charge in [-0.05, 0) is 51.5 Å². The molecule has 1 heterocycles. The zero-order valence-electron chi connectivity index (χ0n) is 15.1. The summed E-state index contributed by atoms with van der Waals surface area (Å²) >= 11 is 4.27. The molecule has 1 aliphatic heterocycles. The number of amides is 2. The number of halogens is 1. The van der Waals surface area contributed by atoms with Gasteiger partial charge in [-0.15, -0.1) is 0 Å². The molecular weight excluding hydrogens is 444 g/mol. The maximum absolute atomic E-state index is 12.8. The van der Waals surface area contributed by atoms with E-state index in [1.165, 1.54) is 7.11 Å². The van der Waals surface area contributed by atoms with Gasteiger partial charge < -0.3 is 9.47 Å². The number of ether oxygens (including phenoxy) is 2. The molecule has 1 saturated heterocycles. The first-order chi connectivity index (χ1) is 13.5. The molecule has 0 aliphatic carbocycles. The quantitative estimate of drug-likeness (QED) is 0.610. The highest BCUT2D eigenvalue weighted by atomic mass is 79.9. The van der Waals surface area contributed by atoms with Crippen molar-refractivity contribution in [2.24, 2.45) is 0 Å². The van der Waals surface area contributed by atoms with E-state index in [9.17, 15) is 14.9 Å². The first-order valence-corrected chi connectivity index (χ1v) is 9.74. The summed E-state index contributed by atoms with van der Waals surface area (Å²) in [5, 5.41) is 8.83. The normalized spacial score (nSPS) is 15.1. The Balaban J connectivity index is 1.92. The first kappa shape index (κ1) is 20.0. The molecule has 1 fully saturated rings. The summed E-state index contributed by atoms with van der Waals surface area (Å²) < 4.78 is 11.3. The summed E-state index contributed by atoms with van der Waals surface area (Å²) in [5.74, 6) is 0.702. The van der Waals surface area contributed by atoms with Crippen molar-refractivity contribution in [1.82, 2.24) is 4.90 Å². The van der Waals surface area contributed by atoms with E-state index in [0.717, 1.165) is 16.7 Å². The summed E-state index contributed by atoms with van der Waals surface area (Å²) in [5.41, 5.74) is 1.70. The van der Waals surface area contributed by atoms with Gasteiger partial charge in [-0.3, -0.25) is 14.5 Å². The van der Waals surface area contributed by atoms with Crippen LogP contribution in [0.1, 0.15) is 16.7 Å². The molecule has 6 nitrogen and oxygen atoms in total. The number of carbonyl (C=O) groups is 2. The molecule has 0 bridgehead atoms. The highest BCUT2D eigenvalue weighted by molar-refractivity contribution is 9.10. The maximum atomic E-state index is 12.8. The van der Waals surface area contributed by atoms with Crippen LogP contribution in [0.2, 0.25) is 0 Å². The third-order valence-corrected chi connectivity index (χ3v) is 5.66. The molecule has 0 aromatic heterocycles. The van der Waals surface area contributed by atoms with Gasteiger partial charge in [0.2, 0.25) is 0 Å². The maximum Gasteiger partial charge on any atom is 0.293 e. The van der Waals surface area contributed by atoms with Crippen molar-refractivity contribution >= 4 is 44.9 Å². The van der Waals surface area contributed by atoms with Crippen LogP contribution in [-0.2, 0) is 11.3 Å². The van der Waals surface area contributed by atoms with Crippen molar-refractivity contribution in [2.45, 2.75) is 6.54 Å². The zero-order chi connectivity index (χ0) is 20.3. The van der Waals surface area contributed by atoms with Crippen LogP contribution in [0.5, 0.6) is 11.5 Å². The Morgan fingerprint density at radius 3 is 2.57 bits per heavy atom. The fourth-order valence-electron chi connectivity index (χ4n) is 2.71. The summed E-state index contributed by atoms with van der Waals surface area (Å²) in [6.45, 7) is 0.0508. The van der Waals surface area contributed by atoms with Crippen molar-refractivity contribution in [3.8, 4) is 17.6 Å². The average molecular weight is 459 g/mol. The van der Waals surface area contributed by atoms with E-state index in [2.05, 4.69) is 22.0 Å². The average Bonchev–Trinajstić information content (AvgIpc) is 2.96.